The van der Waals surface area contributed by atoms with Crippen LogP contribution in [0.15, 0.2) is 36.3 Å². The summed E-state index contributed by atoms with van der Waals surface area (Å²) in [4.78, 5) is 9.74. The standard InChI is InChI=1S/C10H12ClN3O2/c1-12-10(7-14(15)16)13-6-8-2-4-9(11)5-3-8/h2-5,7,12-13H,6H2,1H3/b10-7-. The summed E-state index contributed by atoms with van der Waals surface area (Å²) in [5.41, 5.74) is 0.994. The summed E-state index contributed by atoms with van der Waals surface area (Å²) in [6.45, 7) is 0.498. The van der Waals surface area contributed by atoms with Crippen molar-refractivity contribution in [1.29, 1.82) is 0 Å². The molecule has 0 aromatic heterocycles. The molecule has 0 spiro atoms. The molecule has 0 aliphatic heterocycles. The zero-order chi connectivity index (χ0) is 12.0. The monoisotopic (exact) mass is 241 g/mol. The molecule has 0 heterocycles. The zero-order valence-electron chi connectivity index (χ0n) is 8.74. The Labute approximate surface area is 98.3 Å². The Balaban J connectivity index is 2.56. The summed E-state index contributed by atoms with van der Waals surface area (Å²) in [6.07, 6.45) is 0.885. The van der Waals surface area contributed by atoms with Crippen LogP contribution in [0.25, 0.3) is 0 Å². The first-order chi connectivity index (χ1) is 7.61. The second-order valence-electron chi connectivity index (χ2n) is 3.06. The quantitative estimate of drug-likeness (QED) is 0.609. The number of nitrogens with one attached hydrogen (secondary N) is 2. The second kappa shape index (κ2) is 5.97. The van der Waals surface area contributed by atoms with Crippen molar-refractivity contribution in [3.05, 3.63) is 57.0 Å². The van der Waals surface area contributed by atoms with Crippen LogP contribution < -0.4 is 10.6 Å². The molecule has 86 valence electrons. The van der Waals surface area contributed by atoms with Gasteiger partial charge < -0.3 is 10.6 Å². The van der Waals surface area contributed by atoms with Gasteiger partial charge in [-0.2, -0.15) is 0 Å². The van der Waals surface area contributed by atoms with Gasteiger partial charge in [-0.15, -0.1) is 0 Å². The van der Waals surface area contributed by atoms with Crippen LogP contribution in [0.5, 0.6) is 0 Å². The van der Waals surface area contributed by atoms with Crippen molar-refractivity contribution in [3.8, 4) is 0 Å². The Morgan fingerprint density at radius 2 is 2.12 bits per heavy atom. The largest absolute Gasteiger partial charge is 0.370 e. The van der Waals surface area contributed by atoms with E-state index in [0.717, 1.165) is 11.8 Å². The number of hydrogen-bond acceptors (Lipinski definition) is 4. The number of halogens is 1. The maximum absolute atomic E-state index is 10.3. The molecule has 0 fully saturated rings. The van der Waals surface area contributed by atoms with Crippen LogP contribution in [0.3, 0.4) is 0 Å². The van der Waals surface area contributed by atoms with Gasteiger partial charge in [-0.25, -0.2) is 0 Å². The van der Waals surface area contributed by atoms with Crippen molar-refractivity contribution < 1.29 is 4.92 Å². The van der Waals surface area contributed by atoms with Crippen LogP contribution >= 0.6 is 11.6 Å². The molecule has 0 bridgehead atoms. The van der Waals surface area contributed by atoms with Gasteiger partial charge in [0, 0.05) is 18.6 Å². The van der Waals surface area contributed by atoms with Gasteiger partial charge in [0.05, 0.1) is 4.92 Å². The molecule has 16 heavy (non-hydrogen) atoms. The number of hydrogen-bond donors (Lipinski definition) is 2. The van der Waals surface area contributed by atoms with Crippen LogP contribution in [0.4, 0.5) is 0 Å². The van der Waals surface area contributed by atoms with Crippen molar-refractivity contribution in [2.45, 2.75) is 6.54 Å². The molecule has 0 saturated carbocycles. The molecule has 0 unspecified atom stereocenters. The van der Waals surface area contributed by atoms with Crippen molar-refractivity contribution in [2.75, 3.05) is 7.05 Å². The van der Waals surface area contributed by atoms with Crippen LogP contribution in [0, 0.1) is 10.1 Å². The second-order valence-corrected chi connectivity index (χ2v) is 3.49. The van der Waals surface area contributed by atoms with Crippen molar-refractivity contribution >= 4 is 11.6 Å². The maximum atomic E-state index is 10.3. The zero-order valence-corrected chi connectivity index (χ0v) is 9.49. The maximum Gasteiger partial charge on any atom is 0.274 e. The van der Waals surface area contributed by atoms with Crippen molar-refractivity contribution in [3.63, 3.8) is 0 Å². The molecule has 6 heteroatoms. The van der Waals surface area contributed by atoms with E-state index in [1.807, 2.05) is 12.1 Å². The predicted molar refractivity (Wildman–Crippen MR) is 62.4 cm³/mol. The molecule has 0 atom stereocenters. The Morgan fingerprint density at radius 3 is 2.62 bits per heavy atom. The Hall–Kier alpha value is -1.75. The van der Waals surface area contributed by atoms with Crippen molar-refractivity contribution in [1.82, 2.24) is 10.6 Å². The van der Waals surface area contributed by atoms with E-state index in [4.69, 9.17) is 11.6 Å². The highest BCUT2D eigenvalue weighted by Gasteiger charge is 1.99. The van der Waals surface area contributed by atoms with Crippen LogP contribution in [0.2, 0.25) is 5.02 Å². The fraction of sp³-hybridized carbons (Fsp3) is 0.200. The van der Waals surface area contributed by atoms with E-state index in [0.29, 0.717) is 17.4 Å². The smallest absolute Gasteiger partial charge is 0.274 e. The minimum absolute atomic E-state index is 0.361. The lowest BCUT2D eigenvalue weighted by Gasteiger charge is -2.07. The molecule has 0 aliphatic rings. The van der Waals surface area contributed by atoms with Gasteiger partial charge in [0.1, 0.15) is 0 Å². The van der Waals surface area contributed by atoms with E-state index < -0.39 is 4.92 Å². The highest BCUT2D eigenvalue weighted by Crippen LogP contribution is 2.09. The first-order valence-electron chi connectivity index (χ1n) is 4.63. The SMILES string of the molecule is CN/C(=C/[N+](=O)[O-])NCc1ccc(Cl)cc1. The van der Waals surface area contributed by atoms with E-state index in [1.54, 1.807) is 19.2 Å². The van der Waals surface area contributed by atoms with Gasteiger partial charge in [-0.05, 0) is 17.7 Å². The van der Waals surface area contributed by atoms with Crippen LogP contribution in [0.1, 0.15) is 5.56 Å². The number of nitro groups is 1. The van der Waals surface area contributed by atoms with Crippen LogP contribution in [-0.2, 0) is 6.54 Å². The lowest BCUT2D eigenvalue weighted by atomic mass is 10.2. The molecule has 0 saturated heterocycles. The summed E-state index contributed by atoms with van der Waals surface area (Å²) >= 11 is 5.74. The summed E-state index contributed by atoms with van der Waals surface area (Å²) in [6, 6.07) is 7.26. The molecule has 2 N–H and O–H groups in total. The number of nitrogens with zero attached hydrogens (tertiary/aromatic N) is 1. The predicted octanol–water partition coefficient (Wildman–Crippen LogP) is 1.72. The highest BCUT2D eigenvalue weighted by atomic mass is 35.5. The molecular weight excluding hydrogens is 230 g/mol. The third kappa shape index (κ3) is 4.18. The number of benzene rings is 1. The summed E-state index contributed by atoms with van der Waals surface area (Å²) in [7, 11) is 1.62. The Kier molecular flexibility index (Phi) is 4.60. The fourth-order valence-electron chi connectivity index (χ4n) is 1.10. The topological polar surface area (TPSA) is 67.2 Å². The van der Waals surface area contributed by atoms with E-state index in [2.05, 4.69) is 10.6 Å². The summed E-state index contributed by atoms with van der Waals surface area (Å²) in [5.74, 6) is 0.361. The Bertz CT molecular complexity index is 390. The highest BCUT2D eigenvalue weighted by molar-refractivity contribution is 6.30. The molecule has 0 amide bonds. The number of rotatable bonds is 5. The third-order valence-corrected chi connectivity index (χ3v) is 2.15. The lowest BCUT2D eigenvalue weighted by Crippen LogP contribution is -2.24. The molecule has 0 radical (unpaired) electrons. The normalized spacial score (nSPS) is 11.0. The first-order valence-corrected chi connectivity index (χ1v) is 5.01. The van der Waals surface area contributed by atoms with Gasteiger partial charge in [-0.1, -0.05) is 23.7 Å². The molecule has 0 aliphatic carbocycles. The average molecular weight is 242 g/mol. The van der Waals surface area contributed by atoms with E-state index in [-0.39, 0.29) is 0 Å². The van der Waals surface area contributed by atoms with Gasteiger partial charge >= 0.3 is 0 Å². The van der Waals surface area contributed by atoms with E-state index in [9.17, 15) is 10.1 Å². The third-order valence-electron chi connectivity index (χ3n) is 1.90. The lowest BCUT2D eigenvalue weighted by molar-refractivity contribution is -0.404. The van der Waals surface area contributed by atoms with Gasteiger partial charge in [0.15, 0.2) is 5.82 Å². The Morgan fingerprint density at radius 1 is 1.50 bits per heavy atom. The summed E-state index contributed by atoms with van der Waals surface area (Å²) in [5, 5.41) is 16.5. The molecule has 5 nitrogen and oxygen atoms in total. The van der Waals surface area contributed by atoms with Crippen LogP contribution in [-0.4, -0.2) is 12.0 Å². The van der Waals surface area contributed by atoms with E-state index >= 15 is 0 Å². The molecule has 1 rings (SSSR count). The first kappa shape index (κ1) is 12.3. The van der Waals surface area contributed by atoms with Gasteiger partial charge in [0.25, 0.3) is 6.20 Å². The van der Waals surface area contributed by atoms with E-state index in [1.165, 1.54) is 0 Å². The molecule has 1 aromatic rings. The van der Waals surface area contributed by atoms with Crippen molar-refractivity contribution in [2.24, 2.45) is 0 Å². The molecular formula is C10H12ClN3O2. The van der Waals surface area contributed by atoms with Gasteiger partial charge in [0.2, 0.25) is 0 Å². The average Bonchev–Trinajstić information content (AvgIpc) is 2.26. The minimum Gasteiger partial charge on any atom is -0.370 e. The van der Waals surface area contributed by atoms with Gasteiger partial charge in [-0.3, -0.25) is 10.1 Å². The minimum atomic E-state index is -0.513. The fourth-order valence-corrected chi connectivity index (χ4v) is 1.23. The summed E-state index contributed by atoms with van der Waals surface area (Å²) < 4.78 is 0. The molecule has 1 aromatic carbocycles.